The molecule has 1 aliphatic carbocycles. The van der Waals surface area contributed by atoms with Gasteiger partial charge in [-0.1, -0.05) is 11.6 Å². The van der Waals surface area contributed by atoms with E-state index in [1.807, 2.05) is 0 Å². The van der Waals surface area contributed by atoms with Crippen molar-refractivity contribution in [1.29, 1.82) is 5.26 Å². The fourth-order valence-corrected chi connectivity index (χ4v) is 4.37. The number of nitrogens with zero attached hydrogens (tertiary/aromatic N) is 5. The van der Waals surface area contributed by atoms with Gasteiger partial charge in [0, 0.05) is 32.2 Å². The number of aromatic nitrogens is 1. The molecular weight excluding hydrogens is 350 g/mol. The largest absolute Gasteiger partial charge is 0.379 e. The Morgan fingerprint density at radius 1 is 1.15 bits per heavy atom. The Morgan fingerprint density at radius 3 is 2.42 bits per heavy atom. The topological polar surface area (TPSA) is 56.8 Å². The molecule has 0 aromatic carbocycles. The molecule has 6 nitrogen and oxygen atoms in total. The van der Waals surface area contributed by atoms with Crippen LogP contribution in [0.4, 0.5) is 11.5 Å². The highest BCUT2D eigenvalue weighted by Gasteiger charge is 2.35. The second-order valence-electron chi connectivity index (χ2n) is 7.23. The summed E-state index contributed by atoms with van der Waals surface area (Å²) in [6, 6.07) is 2.74. The summed E-state index contributed by atoms with van der Waals surface area (Å²) in [5.41, 5.74) is 1.76. The fraction of sp³-hybridized carbons (Fsp3) is 0.632. The third kappa shape index (κ3) is 3.25. The van der Waals surface area contributed by atoms with E-state index in [4.69, 9.17) is 22.9 Å². The minimum absolute atomic E-state index is 0.243. The van der Waals surface area contributed by atoms with Crippen molar-refractivity contribution >= 4 is 23.1 Å². The lowest BCUT2D eigenvalue weighted by molar-refractivity contribution is 0.0115. The molecule has 0 atom stereocenters. The Balaban J connectivity index is 1.57. The Hall–Kier alpha value is -1.86. The van der Waals surface area contributed by atoms with Crippen molar-refractivity contribution in [2.75, 3.05) is 44.3 Å². The van der Waals surface area contributed by atoms with Crippen LogP contribution in [0.5, 0.6) is 0 Å². The minimum Gasteiger partial charge on any atom is -0.379 e. The number of ether oxygens (including phenoxy) is 1. The zero-order valence-electron chi connectivity index (χ0n) is 14.7. The SMILES string of the molecule is [C-]#[N+]c1c(N2CCC(N3CCOCC3)CC2)nc(Cl)c(C#N)c1C1CC1. The van der Waals surface area contributed by atoms with Gasteiger partial charge in [0.1, 0.15) is 17.0 Å². The van der Waals surface area contributed by atoms with Gasteiger partial charge in [-0.25, -0.2) is 9.83 Å². The highest BCUT2D eigenvalue weighted by molar-refractivity contribution is 6.31. The number of rotatable bonds is 3. The van der Waals surface area contributed by atoms with Crippen LogP contribution in [0.1, 0.15) is 42.7 Å². The second kappa shape index (κ2) is 7.40. The first-order valence-corrected chi connectivity index (χ1v) is 9.68. The van der Waals surface area contributed by atoms with Gasteiger partial charge in [-0.3, -0.25) is 4.90 Å². The average Bonchev–Trinajstić information content (AvgIpc) is 3.53. The molecule has 1 aromatic rings. The van der Waals surface area contributed by atoms with E-state index in [9.17, 15) is 5.26 Å². The highest BCUT2D eigenvalue weighted by atomic mass is 35.5. The fourth-order valence-electron chi connectivity index (χ4n) is 4.14. The van der Waals surface area contributed by atoms with E-state index >= 15 is 0 Å². The van der Waals surface area contributed by atoms with Crippen LogP contribution in [-0.2, 0) is 4.74 Å². The second-order valence-corrected chi connectivity index (χ2v) is 7.59. The van der Waals surface area contributed by atoms with Crippen molar-refractivity contribution < 1.29 is 4.74 Å². The number of piperidine rings is 1. The maximum Gasteiger partial charge on any atom is 0.233 e. The first-order chi connectivity index (χ1) is 12.7. The van der Waals surface area contributed by atoms with Crippen LogP contribution >= 0.6 is 11.6 Å². The van der Waals surface area contributed by atoms with Crippen molar-refractivity contribution in [3.8, 4) is 6.07 Å². The van der Waals surface area contributed by atoms with Crippen LogP contribution < -0.4 is 4.90 Å². The van der Waals surface area contributed by atoms with E-state index in [1.54, 1.807) is 0 Å². The van der Waals surface area contributed by atoms with Crippen molar-refractivity contribution in [2.45, 2.75) is 37.6 Å². The summed E-state index contributed by atoms with van der Waals surface area (Å²) in [4.78, 5) is 12.9. The van der Waals surface area contributed by atoms with Crippen molar-refractivity contribution in [3.63, 3.8) is 0 Å². The predicted octanol–water partition coefficient (Wildman–Crippen LogP) is 3.34. The number of hydrogen-bond acceptors (Lipinski definition) is 5. The standard InChI is InChI=1S/C19H22ClN5O/c1-22-17-16(13-2-3-13)15(12-21)18(20)23-19(17)25-6-4-14(5-7-25)24-8-10-26-11-9-24/h13-14H,2-11H2. The van der Waals surface area contributed by atoms with Crippen molar-refractivity contribution in [2.24, 2.45) is 0 Å². The number of anilines is 1. The van der Waals surface area contributed by atoms with Gasteiger partial charge in [0.15, 0.2) is 0 Å². The minimum atomic E-state index is 0.243. The third-order valence-electron chi connectivity index (χ3n) is 5.68. The van der Waals surface area contributed by atoms with Gasteiger partial charge < -0.3 is 9.64 Å². The lowest BCUT2D eigenvalue weighted by atomic mass is 10.0. The Labute approximate surface area is 159 Å². The molecule has 0 radical (unpaired) electrons. The van der Waals surface area contributed by atoms with E-state index in [-0.39, 0.29) is 5.15 Å². The summed E-state index contributed by atoms with van der Waals surface area (Å²) in [6.07, 6.45) is 4.15. The molecule has 0 bridgehead atoms. The molecule has 0 N–H and O–H groups in total. The number of hydrogen-bond donors (Lipinski definition) is 0. The average molecular weight is 372 g/mol. The van der Waals surface area contributed by atoms with Gasteiger partial charge in [0.25, 0.3) is 0 Å². The van der Waals surface area contributed by atoms with E-state index in [2.05, 4.69) is 25.7 Å². The summed E-state index contributed by atoms with van der Waals surface area (Å²) in [7, 11) is 0. The molecule has 136 valence electrons. The lowest BCUT2D eigenvalue weighted by Crippen LogP contribution is -2.49. The monoisotopic (exact) mass is 371 g/mol. The molecular formula is C19H22ClN5O. The molecule has 4 rings (SSSR count). The van der Waals surface area contributed by atoms with Crippen LogP contribution in [-0.4, -0.2) is 55.3 Å². The van der Waals surface area contributed by atoms with E-state index in [0.29, 0.717) is 29.0 Å². The van der Waals surface area contributed by atoms with Crippen molar-refractivity contribution in [3.05, 3.63) is 27.7 Å². The summed E-state index contributed by atoms with van der Waals surface area (Å²) in [6.45, 7) is 13.1. The van der Waals surface area contributed by atoms with Gasteiger partial charge >= 0.3 is 0 Å². The smallest absolute Gasteiger partial charge is 0.233 e. The van der Waals surface area contributed by atoms with Crippen LogP contribution in [0.2, 0.25) is 5.15 Å². The zero-order valence-corrected chi connectivity index (χ0v) is 15.5. The molecule has 7 heteroatoms. The molecule has 2 saturated heterocycles. The third-order valence-corrected chi connectivity index (χ3v) is 5.96. The molecule has 1 aromatic heterocycles. The van der Waals surface area contributed by atoms with E-state index < -0.39 is 0 Å². The Bertz CT molecular complexity index is 766. The van der Waals surface area contributed by atoms with Crippen LogP contribution in [0.3, 0.4) is 0 Å². The molecule has 0 unspecified atom stereocenters. The quantitative estimate of drug-likeness (QED) is 0.602. The molecule has 3 heterocycles. The number of morpholine rings is 1. The maximum absolute atomic E-state index is 9.47. The molecule has 0 spiro atoms. The first kappa shape index (κ1) is 17.5. The normalized spacial score (nSPS) is 22.0. The van der Waals surface area contributed by atoms with Crippen LogP contribution in [0, 0.1) is 17.9 Å². The van der Waals surface area contributed by atoms with Gasteiger partial charge in [-0.15, -0.1) is 0 Å². The number of halogens is 1. The Kier molecular flexibility index (Phi) is 5.00. The molecule has 0 amide bonds. The summed E-state index contributed by atoms with van der Waals surface area (Å²) >= 11 is 6.32. The van der Waals surface area contributed by atoms with Crippen LogP contribution in [0.25, 0.3) is 4.85 Å². The van der Waals surface area contributed by atoms with Gasteiger partial charge in [0.05, 0.1) is 25.3 Å². The van der Waals surface area contributed by atoms with E-state index in [0.717, 1.165) is 70.6 Å². The Morgan fingerprint density at radius 2 is 1.85 bits per heavy atom. The summed E-state index contributed by atoms with van der Waals surface area (Å²) < 4.78 is 5.45. The van der Waals surface area contributed by atoms with Gasteiger partial charge in [-0.2, -0.15) is 5.26 Å². The lowest BCUT2D eigenvalue weighted by Gasteiger charge is -2.40. The van der Waals surface area contributed by atoms with Crippen LogP contribution in [0.15, 0.2) is 0 Å². The zero-order chi connectivity index (χ0) is 18.1. The number of nitriles is 1. The van der Waals surface area contributed by atoms with Gasteiger partial charge in [0.2, 0.25) is 5.69 Å². The molecule has 3 fully saturated rings. The molecule has 3 aliphatic rings. The molecule has 2 aliphatic heterocycles. The predicted molar refractivity (Wildman–Crippen MR) is 99.8 cm³/mol. The highest BCUT2D eigenvalue weighted by Crippen LogP contribution is 2.50. The van der Waals surface area contributed by atoms with E-state index in [1.165, 1.54) is 0 Å². The van der Waals surface area contributed by atoms with Gasteiger partial charge in [-0.05, 0) is 37.2 Å². The summed E-state index contributed by atoms with van der Waals surface area (Å²) in [5, 5.41) is 9.71. The maximum atomic E-state index is 9.47. The summed E-state index contributed by atoms with van der Waals surface area (Å²) in [5.74, 6) is 0.963. The first-order valence-electron chi connectivity index (χ1n) is 9.30. The molecule has 26 heavy (non-hydrogen) atoms. The number of pyridine rings is 1. The van der Waals surface area contributed by atoms with Crippen molar-refractivity contribution in [1.82, 2.24) is 9.88 Å². The molecule has 1 saturated carbocycles.